The first-order valence-electron chi connectivity index (χ1n) is 5.23. The summed E-state index contributed by atoms with van der Waals surface area (Å²) in [6, 6.07) is 5.45. The van der Waals surface area contributed by atoms with E-state index in [-0.39, 0.29) is 12.5 Å². The third-order valence-electron chi connectivity index (χ3n) is 3.36. The molecule has 1 fully saturated rings. The number of carboxylic acid groups (broad SMARTS) is 1. The van der Waals surface area contributed by atoms with Gasteiger partial charge in [-0.1, -0.05) is 15.9 Å². The fourth-order valence-electron chi connectivity index (χ4n) is 2.11. The predicted molar refractivity (Wildman–Crippen MR) is 65.2 cm³/mol. The van der Waals surface area contributed by atoms with E-state index in [2.05, 4.69) is 15.9 Å². The monoisotopic (exact) mass is 300 g/mol. The van der Waals surface area contributed by atoms with Gasteiger partial charge >= 0.3 is 5.97 Å². The molecule has 1 aliphatic carbocycles. The standard InChI is InChI=1S/C12H13BrO4/c1-17-7-2-3-10(13)8(4-7)9-5-12(9,6-14)11(15)16/h2-4,9,14H,5-6H2,1H3,(H,15,16)/t9-,12-/m1/s1. The first kappa shape index (κ1) is 12.4. The number of aliphatic hydroxyl groups is 1. The lowest BCUT2D eigenvalue weighted by Gasteiger charge is -2.11. The number of aliphatic hydroxyl groups excluding tert-OH is 1. The van der Waals surface area contributed by atoms with Gasteiger partial charge < -0.3 is 14.9 Å². The minimum Gasteiger partial charge on any atom is -0.497 e. The van der Waals surface area contributed by atoms with Crippen LogP contribution in [0, 0.1) is 5.41 Å². The van der Waals surface area contributed by atoms with Crippen molar-refractivity contribution < 1.29 is 19.7 Å². The average Bonchev–Trinajstić information content (AvgIpc) is 3.05. The Balaban J connectivity index is 2.34. The van der Waals surface area contributed by atoms with Gasteiger partial charge in [0.05, 0.1) is 19.1 Å². The van der Waals surface area contributed by atoms with Crippen LogP contribution in [0.15, 0.2) is 22.7 Å². The Morgan fingerprint density at radius 1 is 1.65 bits per heavy atom. The third kappa shape index (κ3) is 1.93. The van der Waals surface area contributed by atoms with Crippen molar-refractivity contribution in [1.29, 1.82) is 0 Å². The molecule has 0 radical (unpaired) electrons. The average molecular weight is 301 g/mol. The Labute approximate surface area is 107 Å². The number of carbonyl (C=O) groups is 1. The van der Waals surface area contributed by atoms with Gasteiger partial charge in [-0.15, -0.1) is 0 Å². The second kappa shape index (κ2) is 4.31. The molecular weight excluding hydrogens is 288 g/mol. The van der Waals surface area contributed by atoms with Crippen LogP contribution in [0.5, 0.6) is 5.75 Å². The highest BCUT2D eigenvalue weighted by molar-refractivity contribution is 9.10. The molecule has 0 unspecified atom stereocenters. The van der Waals surface area contributed by atoms with Gasteiger partial charge in [0.1, 0.15) is 5.75 Å². The van der Waals surface area contributed by atoms with Crippen molar-refractivity contribution in [3.8, 4) is 5.75 Å². The number of benzene rings is 1. The highest BCUT2D eigenvalue weighted by atomic mass is 79.9. The van der Waals surface area contributed by atoms with Gasteiger partial charge in [-0.2, -0.15) is 0 Å². The van der Waals surface area contributed by atoms with Crippen molar-refractivity contribution in [2.45, 2.75) is 12.3 Å². The van der Waals surface area contributed by atoms with Gasteiger partial charge in [-0.3, -0.25) is 4.79 Å². The van der Waals surface area contributed by atoms with E-state index in [4.69, 9.17) is 9.84 Å². The predicted octanol–water partition coefficient (Wildman–Crippen LogP) is 2.01. The van der Waals surface area contributed by atoms with Gasteiger partial charge in [0, 0.05) is 10.4 Å². The summed E-state index contributed by atoms with van der Waals surface area (Å²) >= 11 is 3.40. The van der Waals surface area contributed by atoms with Crippen molar-refractivity contribution in [3.05, 3.63) is 28.2 Å². The molecular formula is C12H13BrO4. The number of rotatable bonds is 4. The maximum atomic E-state index is 11.2. The Morgan fingerprint density at radius 3 is 2.82 bits per heavy atom. The summed E-state index contributed by atoms with van der Waals surface area (Å²) in [5.41, 5.74) is -0.143. The molecule has 1 aromatic carbocycles. The van der Waals surface area contributed by atoms with Gasteiger partial charge in [0.25, 0.3) is 0 Å². The smallest absolute Gasteiger partial charge is 0.312 e. The molecule has 1 aliphatic rings. The second-order valence-electron chi connectivity index (χ2n) is 4.26. The SMILES string of the molecule is COc1ccc(Br)c([C@H]2C[C@]2(CO)C(=O)O)c1. The van der Waals surface area contributed by atoms with E-state index in [9.17, 15) is 9.90 Å². The van der Waals surface area contributed by atoms with Crippen LogP contribution in [0.3, 0.4) is 0 Å². The van der Waals surface area contributed by atoms with Crippen LogP contribution in [0.4, 0.5) is 0 Å². The van der Waals surface area contributed by atoms with Crippen molar-refractivity contribution >= 4 is 21.9 Å². The number of methoxy groups -OCH3 is 1. The van der Waals surface area contributed by atoms with Crippen LogP contribution >= 0.6 is 15.9 Å². The number of carboxylic acids is 1. The summed E-state index contributed by atoms with van der Waals surface area (Å²) in [5, 5.41) is 18.4. The lowest BCUT2D eigenvalue weighted by atomic mass is 10.00. The molecule has 2 N–H and O–H groups in total. The quantitative estimate of drug-likeness (QED) is 0.893. The Kier molecular flexibility index (Phi) is 3.14. The molecule has 0 aromatic heterocycles. The number of hydrogen-bond acceptors (Lipinski definition) is 3. The Morgan fingerprint density at radius 2 is 2.35 bits per heavy atom. The molecule has 0 saturated heterocycles. The van der Waals surface area contributed by atoms with Crippen LogP contribution in [0.25, 0.3) is 0 Å². The van der Waals surface area contributed by atoms with Crippen LogP contribution in [0.2, 0.25) is 0 Å². The van der Waals surface area contributed by atoms with E-state index in [1.807, 2.05) is 12.1 Å². The zero-order valence-corrected chi connectivity index (χ0v) is 10.9. The normalized spacial score (nSPS) is 26.6. The number of aliphatic carboxylic acids is 1. The van der Waals surface area contributed by atoms with Crippen molar-refractivity contribution in [2.24, 2.45) is 5.41 Å². The molecule has 5 heteroatoms. The van der Waals surface area contributed by atoms with E-state index in [0.29, 0.717) is 12.2 Å². The zero-order valence-electron chi connectivity index (χ0n) is 9.31. The Bertz CT molecular complexity index is 460. The first-order valence-corrected chi connectivity index (χ1v) is 6.02. The molecule has 2 atom stereocenters. The van der Waals surface area contributed by atoms with Crippen molar-refractivity contribution in [1.82, 2.24) is 0 Å². The summed E-state index contributed by atoms with van der Waals surface area (Å²) in [4.78, 5) is 11.2. The molecule has 92 valence electrons. The lowest BCUT2D eigenvalue weighted by Crippen LogP contribution is -2.21. The fraction of sp³-hybridized carbons (Fsp3) is 0.417. The van der Waals surface area contributed by atoms with E-state index in [1.54, 1.807) is 13.2 Å². The second-order valence-corrected chi connectivity index (χ2v) is 5.12. The summed E-state index contributed by atoms with van der Waals surface area (Å²) in [6.07, 6.45) is 0.463. The largest absolute Gasteiger partial charge is 0.497 e. The first-order chi connectivity index (χ1) is 8.05. The summed E-state index contributed by atoms with van der Waals surface area (Å²) < 4.78 is 5.97. The maximum absolute atomic E-state index is 11.2. The zero-order chi connectivity index (χ0) is 12.6. The molecule has 4 nitrogen and oxygen atoms in total. The highest BCUT2D eigenvalue weighted by Crippen LogP contribution is 2.60. The topological polar surface area (TPSA) is 66.8 Å². The molecule has 2 rings (SSSR count). The van der Waals surface area contributed by atoms with E-state index in [0.717, 1.165) is 10.0 Å². The number of halogens is 1. The molecule has 0 spiro atoms. The fourth-order valence-corrected chi connectivity index (χ4v) is 2.63. The molecule has 0 aliphatic heterocycles. The summed E-state index contributed by atoms with van der Waals surface area (Å²) in [7, 11) is 1.57. The molecule has 1 saturated carbocycles. The molecule has 0 heterocycles. The lowest BCUT2D eigenvalue weighted by molar-refractivity contribution is -0.145. The van der Waals surface area contributed by atoms with Gasteiger partial charge in [-0.05, 0) is 30.2 Å². The highest BCUT2D eigenvalue weighted by Gasteiger charge is 2.61. The van der Waals surface area contributed by atoms with Crippen LogP contribution in [0.1, 0.15) is 17.9 Å². The van der Waals surface area contributed by atoms with Crippen molar-refractivity contribution in [3.63, 3.8) is 0 Å². The minimum absolute atomic E-state index is 0.158. The van der Waals surface area contributed by atoms with Crippen LogP contribution < -0.4 is 4.74 Å². The van der Waals surface area contributed by atoms with Gasteiger partial charge in [0.15, 0.2) is 0 Å². The van der Waals surface area contributed by atoms with Crippen LogP contribution in [-0.2, 0) is 4.79 Å². The maximum Gasteiger partial charge on any atom is 0.312 e. The summed E-state index contributed by atoms with van der Waals surface area (Å²) in [5.74, 6) is -0.415. The molecule has 0 amide bonds. The minimum atomic E-state index is -1.02. The van der Waals surface area contributed by atoms with E-state index < -0.39 is 11.4 Å². The third-order valence-corrected chi connectivity index (χ3v) is 4.08. The van der Waals surface area contributed by atoms with Gasteiger partial charge in [-0.25, -0.2) is 0 Å². The number of ether oxygens (including phenoxy) is 1. The summed E-state index contributed by atoms with van der Waals surface area (Å²) in [6.45, 7) is -0.337. The van der Waals surface area contributed by atoms with Crippen LogP contribution in [-0.4, -0.2) is 29.9 Å². The number of hydrogen-bond donors (Lipinski definition) is 2. The molecule has 17 heavy (non-hydrogen) atoms. The van der Waals surface area contributed by atoms with E-state index >= 15 is 0 Å². The Hall–Kier alpha value is -1.07. The molecule has 0 bridgehead atoms. The van der Waals surface area contributed by atoms with Gasteiger partial charge in [0.2, 0.25) is 0 Å². The molecule has 1 aromatic rings. The van der Waals surface area contributed by atoms with E-state index in [1.165, 1.54) is 0 Å². The van der Waals surface area contributed by atoms with Crippen molar-refractivity contribution in [2.75, 3.05) is 13.7 Å².